The quantitative estimate of drug-likeness (QED) is 0.698. The minimum atomic E-state index is -3.58. The van der Waals surface area contributed by atoms with E-state index in [9.17, 15) is 8.42 Å². The van der Waals surface area contributed by atoms with Gasteiger partial charge in [0.15, 0.2) is 11.5 Å². The van der Waals surface area contributed by atoms with E-state index in [2.05, 4.69) is 9.88 Å². The number of fused-ring (bicyclic) bond motifs is 2. The lowest BCUT2D eigenvalue weighted by Gasteiger charge is -2.24. The molecule has 1 aromatic heterocycles. The summed E-state index contributed by atoms with van der Waals surface area (Å²) in [4.78, 5) is 12.0. The van der Waals surface area contributed by atoms with Crippen molar-refractivity contribution in [2.24, 2.45) is 11.8 Å². The fourth-order valence-electron chi connectivity index (χ4n) is 5.24. The molecule has 3 aliphatic rings. The van der Waals surface area contributed by atoms with Gasteiger partial charge in [0.2, 0.25) is 10.0 Å². The van der Waals surface area contributed by atoms with E-state index in [-0.39, 0.29) is 4.90 Å². The summed E-state index contributed by atoms with van der Waals surface area (Å²) in [5, 5.41) is 0. The van der Waals surface area contributed by atoms with E-state index in [0.29, 0.717) is 36.4 Å². The highest BCUT2D eigenvalue weighted by Gasteiger charge is 2.45. The molecule has 2 aliphatic heterocycles. The second-order valence-corrected chi connectivity index (χ2v) is 10.6. The largest absolute Gasteiger partial charge is 0.493 e. The van der Waals surface area contributed by atoms with Crippen molar-refractivity contribution in [3.05, 3.63) is 35.3 Å². The van der Waals surface area contributed by atoms with Gasteiger partial charge >= 0.3 is 0 Å². The number of hydrogen-bond donors (Lipinski definition) is 0. The summed E-state index contributed by atoms with van der Waals surface area (Å²) >= 11 is 0. The number of rotatable bonds is 5. The first-order valence-corrected chi connectivity index (χ1v) is 12.2. The lowest BCUT2D eigenvalue weighted by Crippen LogP contribution is -2.34. The fraction of sp³-hybridized carbons (Fsp3) is 0.545. The molecule has 8 nitrogen and oxygen atoms in total. The molecule has 0 radical (unpaired) electrons. The SMILES string of the molecule is COc1ccc(S(=O)(=O)N2CC3CN(c4nc(C)nc5c4CCC5)CC3C2)cc1OC. The lowest BCUT2D eigenvalue weighted by molar-refractivity contribution is 0.353. The summed E-state index contributed by atoms with van der Waals surface area (Å²) in [6.45, 7) is 4.70. The zero-order valence-electron chi connectivity index (χ0n) is 18.2. The number of nitrogens with zero attached hydrogens (tertiary/aromatic N) is 4. The molecule has 2 saturated heterocycles. The van der Waals surface area contributed by atoms with E-state index in [0.717, 1.165) is 44.0 Å². The number of anilines is 1. The van der Waals surface area contributed by atoms with E-state index in [1.165, 1.54) is 25.5 Å². The van der Waals surface area contributed by atoms with Crippen LogP contribution in [-0.4, -0.2) is 63.1 Å². The summed E-state index contributed by atoms with van der Waals surface area (Å²) in [7, 11) is -0.539. The molecule has 1 aromatic carbocycles. The van der Waals surface area contributed by atoms with E-state index < -0.39 is 10.0 Å². The molecule has 0 bridgehead atoms. The predicted octanol–water partition coefficient (Wildman–Crippen LogP) is 2.05. The number of methoxy groups -OCH3 is 2. The molecular formula is C22H28N4O4S. The van der Waals surface area contributed by atoms with Crippen LogP contribution in [0.4, 0.5) is 5.82 Å². The Balaban J connectivity index is 1.34. The van der Waals surface area contributed by atoms with E-state index in [1.54, 1.807) is 22.5 Å². The van der Waals surface area contributed by atoms with Crippen molar-refractivity contribution in [2.75, 3.05) is 45.3 Å². The second kappa shape index (κ2) is 7.63. The van der Waals surface area contributed by atoms with Crippen molar-refractivity contribution in [3.63, 3.8) is 0 Å². The average molecular weight is 445 g/mol. The van der Waals surface area contributed by atoms with E-state index >= 15 is 0 Å². The fourth-order valence-corrected chi connectivity index (χ4v) is 6.81. The van der Waals surface area contributed by atoms with Gasteiger partial charge in [0.25, 0.3) is 0 Å². The maximum absolute atomic E-state index is 13.3. The van der Waals surface area contributed by atoms with Crippen LogP contribution in [0.15, 0.2) is 23.1 Å². The first-order valence-electron chi connectivity index (χ1n) is 10.7. The molecular weight excluding hydrogens is 416 g/mol. The molecule has 31 heavy (non-hydrogen) atoms. The van der Waals surface area contributed by atoms with Crippen LogP contribution in [-0.2, 0) is 22.9 Å². The minimum absolute atomic E-state index is 0.242. The second-order valence-electron chi connectivity index (χ2n) is 8.64. The molecule has 1 aliphatic carbocycles. The molecule has 0 saturated carbocycles. The number of benzene rings is 1. The van der Waals surface area contributed by atoms with Crippen molar-refractivity contribution in [3.8, 4) is 11.5 Å². The Hall–Kier alpha value is -2.39. The van der Waals surface area contributed by atoms with Crippen LogP contribution in [0.5, 0.6) is 11.5 Å². The molecule has 2 unspecified atom stereocenters. The highest BCUT2D eigenvalue weighted by molar-refractivity contribution is 7.89. The van der Waals surface area contributed by atoms with Gasteiger partial charge in [-0.1, -0.05) is 0 Å². The van der Waals surface area contributed by atoms with Gasteiger partial charge in [0, 0.05) is 43.5 Å². The summed E-state index contributed by atoms with van der Waals surface area (Å²) in [5.41, 5.74) is 2.48. The summed E-state index contributed by atoms with van der Waals surface area (Å²) in [6.07, 6.45) is 3.21. The van der Waals surface area contributed by atoms with Crippen LogP contribution in [0.3, 0.4) is 0 Å². The Morgan fingerprint density at radius 3 is 2.35 bits per heavy atom. The maximum atomic E-state index is 13.3. The average Bonchev–Trinajstić information content (AvgIpc) is 3.47. The smallest absolute Gasteiger partial charge is 0.243 e. The van der Waals surface area contributed by atoms with Gasteiger partial charge in [0.1, 0.15) is 11.6 Å². The molecule has 0 N–H and O–H groups in total. The van der Waals surface area contributed by atoms with Gasteiger partial charge in [-0.3, -0.25) is 0 Å². The van der Waals surface area contributed by atoms with Crippen LogP contribution >= 0.6 is 0 Å². The molecule has 2 aromatic rings. The molecule has 5 rings (SSSR count). The standard InChI is InChI=1S/C22H28N4O4S/c1-14-23-19-6-4-5-18(19)22(24-14)25-10-15-12-26(13-16(15)11-25)31(27,28)17-7-8-20(29-2)21(9-17)30-3/h7-9,15-16H,4-6,10-13H2,1-3H3. The van der Waals surface area contributed by atoms with Gasteiger partial charge in [0.05, 0.1) is 19.1 Å². The highest BCUT2D eigenvalue weighted by atomic mass is 32.2. The van der Waals surface area contributed by atoms with Crippen molar-refractivity contribution in [2.45, 2.75) is 31.1 Å². The Morgan fingerprint density at radius 2 is 1.68 bits per heavy atom. The van der Waals surface area contributed by atoms with Crippen LogP contribution in [0, 0.1) is 18.8 Å². The third kappa shape index (κ3) is 3.43. The van der Waals surface area contributed by atoms with Crippen LogP contribution in [0.1, 0.15) is 23.5 Å². The Labute approximate surface area is 183 Å². The summed E-state index contributed by atoms with van der Waals surface area (Å²) in [5.74, 6) is 3.45. The van der Waals surface area contributed by atoms with E-state index in [1.807, 2.05) is 6.92 Å². The first kappa shape index (κ1) is 20.5. The van der Waals surface area contributed by atoms with Crippen molar-refractivity contribution >= 4 is 15.8 Å². The zero-order valence-corrected chi connectivity index (χ0v) is 19.0. The highest BCUT2D eigenvalue weighted by Crippen LogP contribution is 2.39. The zero-order chi connectivity index (χ0) is 21.8. The van der Waals surface area contributed by atoms with Crippen molar-refractivity contribution < 1.29 is 17.9 Å². The minimum Gasteiger partial charge on any atom is -0.493 e. The molecule has 0 amide bonds. The Morgan fingerprint density at radius 1 is 0.968 bits per heavy atom. The van der Waals surface area contributed by atoms with Gasteiger partial charge in [-0.05, 0) is 50.2 Å². The number of sulfonamides is 1. The molecule has 0 spiro atoms. The summed E-state index contributed by atoms with van der Waals surface area (Å²) < 4.78 is 38.7. The molecule has 3 heterocycles. The topological polar surface area (TPSA) is 84.9 Å². The van der Waals surface area contributed by atoms with Crippen molar-refractivity contribution in [1.29, 1.82) is 0 Å². The Bertz CT molecular complexity index is 1110. The normalized spacial score (nSPS) is 23.1. The molecule has 9 heteroatoms. The third-order valence-electron chi connectivity index (χ3n) is 6.77. The molecule has 2 atom stereocenters. The maximum Gasteiger partial charge on any atom is 0.243 e. The van der Waals surface area contributed by atoms with Crippen LogP contribution in [0.2, 0.25) is 0 Å². The predicted molar refractivity (Wildman–Crippen MR) is 116 cm³/mol. The van der Waals surface area contributed by atoms with Crippen molar-refractivity contribution in [1.82, 2.24) is 14.3 Å². The van der Waals surface area contributed by atoms with E-state index in [4.69, 9.17) is 14.5 Å². The Kier molecular flexibility index (Phi) is 5.05. The molecule has 166 valence electrons. The van der Waals surface area contributed by atoms with Gasteiger partial charge in [-0.25, -0.2) is 18.4 Å². The van der Waals surface area contributed by atoms with Crippen LogP contribution in [0.25, 0.3) is 0 Å². The number of aryl methyl sites for hydroxylation is 2. The van der Waals surface area contributed by atoms with Crippen LogP contribution < -0.4 is 14.4 Å². The van der Waals surface area contributed by atoms with Gasteiger partial charge in [-0.2, -0.15) is 4.31 Å². The third-order valence-corrected chi connectivity index (χ3v) is 8.60. The first-order chi connectivity index (χ1) is 14.9. The number of hydrogen-bond acceptors (Lipinski definition) is 7. The number of ether oxygens (including phenoxy) is 2. The monoisotopic (exact) mass is 444 g/mol. The summed E-state index contributed by atoms with van der Waals surface area (Å²) in [6, 6.07) is 4.77. The van der Waals surface area contributed by atoms with Gasteiger partial charge < -0.3 is 14.4 Å². The lowest BCUT2D eigenvalue weighted by atomic mass is 10.0. The van der Waals surface area contributed by atoms with Gasteiger partial charge in [-0.15, -0.1) is 0 Å². The number of aromatic nitrogens is 2. The molecule has 2 fully saturated rings.